The van der Waals surface area contributed by atoms with Gasteiger partial charge in [0.25, 0.3) is 0 Å². The first kappa shape index (κ1) is 7.92. The molecule has 0 rings (SSSR count). The van der Waals surface area contributed by atoms with E-state index in [2.05, 4.69) is 6.92 Å². The van der Waals surface area contributed by atoms with Crippen LogP contribution in [0.3, 0.4) is 0 Å². The average Bonchev–Trinajstić information content (AvgIpc) is 1.67. The van der Waals surface area contributed by atoms with Gasteiger partial charge in [0.2, 0.25) is 0 Å². The Morgan fingerprint density at radius 2 is 2.12 bits per heavy atom. The first-order valence-corrected chi connectivity index (χ1v) is 3.05. The molecular weight excluding hydrogens is 100 g/mol. The summed E-state index contributed by atoms with van der Waals surface area (Å²) < 4.78 is 0. The van der Waals surface area contributed by atoms with E-state index in [9.17, 15) is 0 Å². The highest BCUT2D eigenvalue weighted by molar-refractivity contribution is 4.89. The molecule has 4 N–H and O–H groups in total. The molecule has 0 aliphatic heterocycles. The van der Waals surface area contributed by atoms with Gasteiger partial charge in [0.15, 0.2) is 0 Å². The van der Waals surface area contributed by atoms with Crippen LogP contribution in [0, 0.1) is 6.04 Å². The predicted octanol–water partition coefficient (Wildman–Crippen LogP) is 0.624. The molecule has 0 bridgehead atoms. The van der Waals surface area contributed by atoms with Gasteiger partial charge in [-0.3, -0.25) is 0 Å². The second-order valence-corrected chi connectivity index (χ2v) is 2.11. The van der Waals surface area contributed by atoms with Crippen LogP contribution in [0.2, 0.25) is 0 Å². The zero-order valence-corrected chi connectivity index (χ0v) is 5.65. The molecule has 2 heteroatoms. The largest absolute Gasteiger partial charge is 0.326 e. The fourth-order valence-corrected chi connectivity index (χ4v) is 0.516. The van der Waals surface area contributed by atoms with Crippen LogP contribution in [0.4, 0.5) is 0 Å². The van der Waals surface area contributed by atoms with Crippen LogP contribution >= 0.6 is 0 Å². The van der Waals surface area contributed by atoms with E-state index in [0.717, 1.165) is 18.9 Å². The van der Waals surface area contributed by atoms with Crippen molar-refractivity contribution in [2.24, 2.45) is 11.5 Å². The summed E-state index contributed by atoms with van der Waals surface area (Å²) in [4.78, 5) is 0. The van der Waals surface area contributed by atoms with E-state index in [0.29, 0.717) is 0 Å². The minimum atomic E-state index is 0.0648. The zero-order valence-electron chi connectivity index (χ0n) is 5.65. The van der Waals surface area contributed by atoms with Crippen molar-refractivity contribution in [2.75, 3.05) is 0 Å². The predicted molar refractivity (Wildman–Crippen MR) is 36.0 cm³/mol. The molecule has 0 aromatic heterocycles. The maximum atomic E-state index is 5.52. The third kappa shape index (κ3) is 2.99. The lowest BCUT2D eigenvalue weighted by Crippen LogP contribution is -2.30. The SMILES string of the molecule is CCC[C](N)C(C)N. The summed E-state index contributed by atoms with van der Waals surface area (Å²) in [7, 11) is 0. The summed E-state index contributed by atoms with van der Waals surface area (Å²) in [5, 5.41) is 0. The number of nitrogens with two attached hydrogens (primary N) is 2. The minimum absolute atomic E-state index is 0.0648. The second-order valence-electron chi connectivity index (χ2n) is 2.11. The number of hydrogen-bond donors (Lipinski definition) is 2. The monoisotopic (exact) mass is 115 g/mol. The molecular formula is C6H15N2. The Kier molecular flexibility index (Phi) is 3.83. The van der Waals surface area contributed by atoms with E-state index >= 15 is 0 Å². The van der Waals surface area contributed by atoms with Gasteiger partial charge >= 0.3 is 0 Å². The van der Waals surface area contributed by atoms with Gasteiger partial charge in [-0.05, 0) is 13.3 Å². The maximum absolute atomic E-state index is 5.52. The van der Waals surface area contributed by atoms with Crippen molar-refractivity contribution in [3.63, 3.8) is 0 Å². The van der Waals surface area contributed by atoms with Gasteiger partial charge in [0, 0.05) is 6.04 Å². The molecule has 0 aromatic rings. The lowest BCUT2D eigenvalue weighted by molar-refractivity contribution is 0.645. The number of rotatable bonds is 3. The quantitative estimate of drug-likeness (QED) is 0.566. The van der Waals surface area contributed by atoms with Crippen LogP contribution in [0.25, 0.3) is 0 Å². The van der Waals surface area contributed by atoms with Gasteiger partial charge in [0.1, 0.15) is 0 Å². The highest BCUT2D eigenvalue weighted by Crippen LogP contribution is 2.03. The molecule has 1 atom stereocenters. The van der Waals surface area contributed by atoms with Crippen LogP contribution in [-0.2, 0) is 0 Å². The molecule has 0 saturated carbocycles. The molecule has 0 saturated heterocycles. The molecule has 1 radical (unpaired) electrons. The average molecular weight is 115 g/mol. The van der Waals surface area contributed by atoms with Crippen LogP contribution in [0.5, 0.6) is 0 Å². The highest BCUT2D eigenvalue weighted by Gasteiger charge is 2.05. The summed E-state index contributed by atoms with van der Waals surface area (Å²) in [6, 6.07) is 0.974. The lowest BCUT2D eigenvalue weighted by atomic mass is 10.1. The molecule has 0 aromatic carbocycles. The second kappa shape index (κ2) is 3.87. The van der Waals surface area contributed by atoms with E-state index in [1.165, 1.54) is 0 Å². The van der Waals surface area contributed by atoms with Crippen molar-refractivity contribution in [1.29, 1.82) is 0 Å². The topological polar surface area (TPSA) is 52.0 Å². The molecule has 0 aliphatic rings. The van der Waals surface area contributed by atoms with Gasteiger partial charge in [-0.15, -0.1) is 0 Å². The summed E-state index contributed by atoms with van der Waals surface area (Å²) in [5.74, 6) is 0. The van der Waals surface area contributed by atoms with Gasteiger partial charge in [-0.2, -0.15) is 0 Å². The highest BCUT2D eigenvalue weighted by atomic mass is 14.8. The van der Waals surface area contributed by atoms with Gasteiger partial charge in [0.05, 0.1) is 6.04 Å². The van der Waals surface area contributed by atoms with Crippen molar-refractivity contribution in [3.05, 3.63) is 6.04 Å². The van der Waals surface area contributed by atoms with Crippen molar-refractivity contribution >= 4 is 0 Å². The Hall–Kier alpha value is -0.0800. The molecule has 0 amide bonds. The standard InChI is InChI=1S/C6H15N2/c1-3-4-6(8)5(2)7/h5H,3-4,7-8H2,1-2H3. The summed E-state index contributed by atoms with van der Waals surface area (Å²) in [5.41, 5.74) is 11.0. The summed E-state index contributed by atoms with van der Waals surface area (Å²) in [6.45, 7) is 4.00. The normalized spacial score (nSPS) is 14.6. The van der Waals surface area contributed by atoms with Crippen molar-refractivity contribution in [3.8, 4) is 0 Å². The van der Waals surface area contributed by atoms with E-state index in [-0.39, 0.29) is 6.04 Å². The Balaban J connectivity index is 3.17. The van der Waals surface area contributed by atoms with E-state index in [4.69, 9.17) is 11.5 Å². The Labute approximate surface area is 51.2 Å². The first-order valence-electron chi connectivity index (χ1n) is 3.05. The number of hydrogen-bond acceptors (Lipinski definition) is 2. The zero-order chi connectivity index (χ0) is 6.57. The molecule has 1 unspecified atom stereocenters. The van der Waals surface area contributed by atoms with Crippen LogP contribution in [0.1, 0.15) is 26.7 Å². The van der Waals surface area contributed by atoms with Crippen LogP contribution in [0.15, 0.2) is 0 Å². The Bertz CT molecular complexity index is 52.5. The van der Waals surface area contributed by atoms with Crippen molar-refractivity contribution < 1.29 is 0 Å². The lowest BCUT2D eigenvalue weighted by Gasteiger charge is -2.11. The molecule has 49 valence electrons. The Morgan fingerprint density at radius 1 is 1.62 bits per heavy atom. The van der Waals surface area contributed by atoms with Crippen molar-refractivity contribution in [1.82, 2.24) is 0 Å². The molecule has 0 aliphatic carbocycles. The van der Waals surface area contributed by atoms with Gasteiger partial charge in [-0.25, -0.2) is 0 Å². The van der Waals surface area contributed by atoms with E-state index in [1.54, 1.807) is 0 Å². The van der Waals surface area contributed by atoms with Gasteiger partial charge < -0.3 is 11.5 Å². The summed E-state index contributed by atoms with van der Waals surface area (Å²) in [6.07, 6.45) is 2.05. The van der Waals surface area contributed by atoms with Crippen molar-refractivity contribution in [2.45, 2.75) is 32.7 Å². The van der Waals surface area contributed by atoms with E-state index in [1.807, 2.05) is 6.92 Å². The Morgan fingerprint density at radius 3 is 2.25 bits per heavy atom. The molecule has 8 heavy (non-hydrogen) atoms. The molecule has 0 heterocycles. The smallest absolute Gasteiger partial charge is 0.0502 e. The third-order valence-corrected chi connectivity index (χ3v) is 1.12. The van der Waals surface area contributed by atoms with Gasteiger partial charge in [-0.1, -0.05) is 13.3 Å². The molecule has 0 spiro atoms. The third-order valence-electron chi connectivity index (χ3n) is 1.12. The minimum Gasteiger partial charge on any atom is -0.326 e. The first-order chi connectivity index (χ1) is 3.68. The maximum Gasteiger partial charge on any atom is 0.0502 e. The fourth-order valence-electron chi connectivity index (χ4n) is 0.516. The fraction of sp³-hybridized carbons (Fsp3) is 0.833. The van der Waals surface area contributed by atoms with Crippen LogP contribution in [-0.4, -0.2) is 6.04 Å². The van der Waals surface area contributed by atoms with E-state index < -0.39 is 0 Å². The molecule has 2 nitrogen and oxygen atoms in total. The molecule has 0 fully saturated rings. The summed E-state index contributed by atoms with van der Waals surface area (Å²) >= 11 is 0. The van der Waals surface area contributed by atoms with Crippen LogP contribution < -0.4 is 11.5 Å².